The molecule has 2 aromatic rings. The lowest BCUT2D eigenvalue weighted by Gasteiger charge is -2.11. The van der Waals surface area contributed by atoms with E-state index in [1.807, 2.05) is 16.8 Å². The molecule has 2 N–H and O–H groups in total. The first-order chi connectivity index (χ1) is 8.08. The molecule has 1 atom stereocenters. The Balaban J connectivity index is 2.22. The molecule has 0 aliphatic carbocycles. The average molecular weight is 257 g/mol. The zero-order valence-electron chi connectivity index (χ0n) is 8.79. The predicted molar refractivity (Wildman–Crippen MR) is 61.3 cm³/mol. The molecule has 0 aliphatic rings. The largest absolute Gasteiger partial charge is 0.324 e. The summed E-state index contributed by atoms with van der Waals surface area (Å²) in [4.78, 5) is 0. The van der Waals surface area contributed by atoms with E-state index in [4.69, 9.17) is 5.73 Å². The van der Waals surface area contributed by atoms with Gasteiger partial charge in [-0.3, -0.25) is 0 Å². The summed E-state index contributed by atoms with van der Waals surface area (Å²) in [7, 11) is 0. The minimum Gasteiger partial charge on any atom is -0.324 e. The maximum atomic E-state index is 13.0. The molecule has 17 heavy (non-hydrogen) atoms. The molecule has 0 amide bonds. The van der Waals surface area contributed by atoms with Crippen molar-refractivity contribution in [3.63, 3.8) is 0 Å². The maximum absolute atomic E-state index is 13.0. The Morgan fingerprint density at radius 2 is 1.82 bits per heavy atom. The molecule has 90 valence electrons. The lowest BCUT2D eigenvalue weighted by atomic mass is 10.0. The average Bonchev–Trinajstić information content (AvgIpc) is 2.77. The Labute approximate surface area is 101 Å². The van der Waals surface area contributed by atoms with Crippen LogP contribution in [0, 0.1) is 17.5 Å². The number of halogens is 3. The molecule has 1 nitrogen and oxygen atoms in total. The van der Waals surface area contributed by atoms with Crippen molar-refractivity contribution in [1.82, 2.24) is 0 Å². The minimum absolute atomic E-state index is 0.257. The molecular weight excluding hydrogens is 247 g/mol. The molecule has 0 saturated heterocycles. The second-order valence-corrected chi connectivity index (χ2v) is 4.52. The predicted octanol–water partition coefficient (Wildman–Crippen LogP) is 3.41. The van der Waals surface area contributed by atoms with Crippen molar-refractivity contribution in [1.29, 1.82) is 0 Å². The van der Waals surface area contributed by atoms with Crippen molar-refractivity contribution in [3.8, 4) is 0 Å². The van der Waals surface area contributed by atoms with E-state index in [0.717, 1.165) is 17.7 Å². The molecule has 0 fully saturated rings. The van der Waals surface area contributed by atoms with Crippen LogP contribution >= 0.6 is 11.3 Å². The van der Waals surface area contributed by atoms with E-state index >= 15 is 0 Å². The van der Waals surface area contributed by atoms with E-state index in [-0.39, 0.29) is 5.56 Å². The van der Waals surface area contributed by atoms with Crippen LogP contribution in [0.25, 0.3) is 0 Å². The number of nitrogens with two attached hydrogens (primary N) is 1. The first kappa shape index (κ1) is 12.1. The van der Waals surface area contributed by atoms with Crippen LogP contribution in [0.2, 0.25) is 0 Å². The Bertz CT molecular complexity index is 487. The van der Waals surface area contributed by atoms with Crippen LogP contribution in [0.1, 0.15) is 17.2 Å². The molecule has 0 aliphatic heterocycles. The van der Waals surface area contributed by atoms with Gasteiger partial charge in [0.2, 0.25) is 0 Å². The van der Waals surface area contributed by atoms with Crippen molar-refractivity contribution in [2.24, 2.45) is 5.73 Å². The molecule has 0 spiro atoms. The highest BCUT2D eigenvalue weighted by atomic mass is 32.1. The summed E-state index contributed by atoms with van der Waals surface area (Å²) in [5.41, 5.74) is 7.07. The van der Waals surface area contributed by atoms with Gasteiger partial charge in [0, 0.05) is 6.04 Å². The Hall–Kier alpha value is -1.33. The normalized spacial score (nSPS) is 12.7. The van der Waals surface area contributed by atoms with Gasteiger partial charge in [-0.2, -0.15) is 11.3 Å². The standard InChI is InChI=1S/C12H10F3NS/c13-9-4-8(5-10(14)12(9)15)11(16)3-7-1-2-17-6-7/h1-2,4-6,11H,3,16H2. The Morgan fingerprint density at radius 3 is 2.35 bits per heavy atom. The first-order valence-electron chi connectivity index (χ1n) is 4.99. The molecule has 1 heterocycles. The zero-order valence-corrected chi connectivity index (χ0v) is 9.61. The highest BCUT2D eigenvalue weighted by Crippen LogP contribution is 2.21. The van der Waals surface area contributed by atoms with Crippen LogP contribution in [0.5, 0.6) is 0 Å². The van der Waals surface area contributed by atoms with Crippen molar-refractivity contribution in [2.45, 2.75) is 12.5 Å². The van der Waals surface area contributed by atoms with Gasteiger partial charge in [-0.25, -0.2) is 13.2 Å². The van der Waals surface area contributed by atoms with Crippen LogP contribution in [-0.2, 0) is 6.42 Å². The first-order valence-corrected chi connectivity index (χ1v) is 5.93. The molecule has 0 bridgehead atoms. The molecule has 5 heteroatoms. The highest BCUT2D eigenvalue weighted by Gasteiger charge is 2.15. The van der Waals surface area contributed by atoms with Gasteiger partial charge >= 0.3 is 0 Å². The molecule has 1 aromatic heterocycles. The van der Waals surface area contributed by atoms with Crippen molar-refractivity contribution >= 4 is 11.3 Å². The Kier molecular flexibility index (Phi) is 3.49. The van der Waals surface area contributed by atoms with Gasteiger partial charge in [0.1, 0.15) is 0 Å². The number of hydrogen-bond donors (Lipinski definition) is 1. The molecular formula is C12H10F3NS. The monoisotopic (exact) mass is 257 g/mol. The third-order valence-corrected chi connectivity index (χ3v) is 3.20. The maximum Gasteiger partial charge on any atom is 0.194 e. The SMILES string of the molecule is NC(Cc1ccsc1)c1cc(F)c(F)c(F)c1. The molecule has 1 unspecified atom stereocenters. The summed E-state index contributed by atoms with van der Waals surface area (Å²) in [6.07, 6.45) is 0.466. The van der Waals surface area contributed by atoms with Gasteiger partial charge in [-0.1, -0.05) is 0 Å². The lowest BCUT2D eigenvalue weighted by molar-refractivity contribution is 0.443. The van der Waals surface area contributed by atoms with E-state index in [9.17, 15) is 13.2 Å². The van der Waals surface area contributed by atoms with Crippen LogP contribution in [-0.4, -0.2) is 0 Å². The van der Waals surface area contributed by atoms with Gasteiger partial charge in [0.05, 0.1) is 0 Å². The second-order valence-electron chi connectivity index (χ2n) is 3.74. The summed E-state index contributed by atoms with van der Waals surface area (Å²) < 4.78 is 38.8. The number of thiophene rings is 1. The van der Waals surface area contributed by atoms with Crippen molar-refractivity contribution < 1.29 is 13.2 Å². The van der Waals surface area contributed by atoms with E-state index in [2.05, 4.69) is 0 Å². The van der Waals surface area contributed by atoms with E-state index in [0.29, 0.717) is 6.42 Å². The minimum atomic E-state index is -1.46. The molecule has 1 aromatic carbocycles. The van der Waals surface area contributed by atoms with Crippen LogP contribution in [0.15, 0.2) is 29.0 Å². The fourth-order valence-corrected chi connectivity index (χ4v) is 2.25. The molecule has 0 saturated carbocycles. The number of benzene rings is 1. The molecule has 2 rings (SSSR count). The zero-order chi connectivity index (χ0) is 12.4. The van der Waals surface area contributed by atoms with Crippen LogP contribution in [0.4, 0.5) is 13.2 Å². The topological polar surface area (TPSA) is 26.0 Å². The van der Waals surface area contributed by atoms with Gasteiger partial charge in [0.25, 0.3) is 0 Å². The second kappa shape index (κ2) is 4.89. The fourth-order valence-electron chi connectivity index (χ4n) is 1.57. The lowest BCUT2D eigenvalue weighted by Crippen LogP contribution is -2.14. The third kappa shape index (κ3) is 2.68. The van der Waals surface area contributed by atoms with Crippen molar-refractivity contribution in [2.75, 3.05) is 0 Å². The Morgan fingerprint density at radius 1 is 1.18 bits per heavy atom. The summed E-state index contributed by atoms with van der Waals surface area (Å²) in [6, 6.07) is 3.22. The smallest absolute Gasteiger partial charge is 0.194 e. The van der Waals surface area contributed by atoms with Crippen molar-refractivity contribution in [3.05, 3.63) is 57.5 Å². The third-order valence-electron chi connectivity index (χ3n) is 2.47. The summed E-state index contributed by atoms with van der Waals surface area (Å²) in [5, 5.41) is 3.81. The van der Waals surface area contributed by atoms with Gasteiger partial charge in [0.15, 0.2) is 17.5 Å². The summed E-state index contributed by atoms with van der Waals surface area (Å²) in [5.74, 6) is -3.88. The highest BCUT2D eigenvalue weighted by molar-refractivity contribution is 7.07. The van der Waals surface area contributed by atoms with E-state index < -0.39 is 23.5 Å². The summed E-state index contributed by atoms with van der Waals surface area (Å²) in [6.45, 7) is 0. The fraction of sp³-hybridized carbons (Fsp3) is 0.167. The van der Waals surface area contributed by atoms with E-state index in [1.165, 1.54) is 11.3 Å². The quantitative estimate of drug-likeness (QED) is 0.838. The van der Waals surface area contributed by atoms with Gasteiger partial charge in [-0.05, 0) is 46.5 Å². The van der Waals surface area contributed by atoms with E-state index in [1.54, 1.807) is 0 Å². The van der Waals surface area contributed by atoms with Crippen LogP contribution < -0.4 is 5.73 Å². The molecule has 0 radical (unpaired) electrons. The number of hydrogen-bond acceptors (Lipinski definition) is 2. The van der Waals surface area contributed by atoms with Gasteiger partial charge < -0.3 is 5.73 Å². The van der Waals surface area contributed by atoms with Crippen LogP contribution in [0.3, 0.4) is 0 Å². The number of rotatable bonds is 3. The summed E-state index contributed by atoms with van der Waals surface area (Å²) >= 11 is 1.52. The van der Waals surface area contributed by atoms with Gasteiger partial charge in [-0.15, -0.1) is 0 Å².